The molecule has 0 saturated heterocycles. The van der Waals surface area contributed by atoms with E-state index in [-0.39, 0.29) is 21.7 Å². The van der Waals surface area contributed by atoms with Crippen molar-refractivity contribution in [3.05, 3.63) is 257 Å². The molecule has 12 rings (SSSR count). The molecular formula is C71H63N. The minimum Gasteiger partial charge on any atom is -0.309 e. The molecule has 10 aromatic rings. The van der Waals surface area contributed by atoms with Crippen LogP contribution in [-0.4, -0.2) is 0 Å². The number of hydrogen-bond acceptors (Lipinski definition) is 1. The Labute approximate surface area is 427 Å². The summed E-state index contributed by atoms with van der Waals surface area (Å²) in [5.74, 6) is 0. The SMILES string of the molecule is CC(C)(C)c1cc(-c2cccc3cccc(-c4ccccc4N(c4ccc(-c5cccc6c5-c5ccccc5C6(C)c5ccccc5)cc4)c4cccc5c4-c4ccccc4C5(C)C)c23)cc(C(C)(C)C)c1. The van der Waals surface area contributed by atoms with Crippen LogP contribution in [0.15, 0.2) is 218 Å². The van der Waals surface area contributed by atoms with E-state index in [1.165, 1.54) is 111 Å². The molecule has 0 aromatic heterocycles. The summed E-state index contributed by atoms with van der Waals surface area (Å²) in [5, 5.41) is 2.49. The van der Waals surface area contributed by atoms with Crippen molar-refractivity contribution in [3.8, 4) is 55.6 Å². The second kappa shape index (κ2) is 16.7. The van der Waals surface area contributed by atoms with E-state index >= 15 is 0 Å². The molecule has 0 aliphatic heterocycles. The molecule has 1 atom stereocenters. The zero-order valence-corrected chi connectivity index (χ0v) is 43.2. The third-order valence-corrected chi connectivity index (χ3v) is 16.3. The van der Waals surface area contributed by atoms with Gasteiger partial charge in [0.15, 0.2) is 0 Å². The van der Waals surface area contributed by atoms with E-state index < -0.39 is 0 Å². The van der Waals surface area contributed by atoms with Crippen molar-refractivity contribution < 1.29 is 0 Å². The summed E-state index contributed by atoms with van der Waals surface area (Å²) in [7, 11) is 0. The van der Waals surface area contributed by atoms with Gasteiger partial charge in [-0.25, -0.2) is 0 Å². The standard InChI is InChI=1S/C71H63N/c1-68(2,3)50-43-48(44-51(45-50)69(4,5)6)54-30-19-23-47-24-20-32-56(65(47)54)55-27-15-18-37-63(55)72(64-38-22-35-61-67(64)57-28-13-16-33-59(57)70(61,7)8)52-41-39-46(40-42-52)53-31-21-36-62-66(53)58-29-14-17-34-60(58)71(62,9)49-25-11-10-12-26-49/h10-45H,1-9H3. The van der Waals surface area contributed by atoms with E-state index in [4.69, 9.17) is 0 Å². The van der Waals surface area contributed by atoms with Crippen LogP contribution in [0.2, 0.25) is 0 Å². The maximum Gasteiger partial charge on any atom is 0.0543 e. The molecule has 72 heavy (non-hydrogen) atoms. The number of fused-ring (bicyclic) bond motifs is 7. The van der Waals surface area contributed by atoms with Crippen LogP contribution in [0.5, 0.6) is 0 Å². The van der Waals surface area contributed by atoms with Crippen LogP contribution in [0.3, 0.4) is 0 Å². The van der Waals surface area contributed by atoms with Crippen molar-refractivity contribution in [1.29, 1.82) is 0 Å². The minimum absolute atomic E-state index is 0.0109. The molecule has 0 saturated carbocycles. The molecule has 1 unspecified atom stereocenters. The fourth-order valence-corrected chi connectivity index (χ4v) is 12.3. The van der Waals surface area contributed by atoms with Crippen LogP contribution in [-0.2, 0) is 21.7 Å². The van der Waals surface area contributed by atoms with Gasteiger partial charge in [0.1, 0.15) is 0 Å². The lowest BCUT2D eigenvalue weighted by atomic mass is 9.74. The summed E-state index contributed by atoms with van der Waals surface area (Å²) in [4.78, 5) is 2.55. The van der Waals surface area contributed by atoms with Gasteiger partial charge in [0, 0.05) is 27.6 Å². The van der Waals surface area contributed by atoms with Crippen molar-refractivity contribution in [1.82, 2.24) is 0 Å². The third-order valence-electron chi connectivity index (χ3n) is 16.3. The van der Waals surface area contributed by atoms with Gasteiger partial charge in [0.05, 0.1) is 11.4 Å². The number of anilines is 3. The topological polar surface area (TPSA) is 3.24 Å². The predicted octanol–water partition coefficient (Wildman–Crippen LogP) is 19.5. The molecular weight excluding hydrogens is 867 g/mol. The lowest BCUT2D eigenvalue weighted by Crippen LogP contribution is -2.22. The Balaban J connectivity index is 1.08. The van der Waals surface area contributed by atoms with Gasteiger partial charge in [-0.2, -0.15) is 0 Å². The largest absolute Gasteiger partial charge is 0.309 e. The first-order valence-electron chi connectivity index (χ1n) is 25.8. The molecule has 0 bridgehead atoms. The monoisotopic (exact) mass is 929 g/mol. The average Bonchev–Trinajstić information content (AvgIpc) is 3.80. The maximum absolute atomic E-state index is 2.55. The fraction of sp³-hybridized carbons (Fsp3) is 0.183. The summed E-state index contributed by atoms with van der Waals surface area (Å²) in [5.41, 5.74) is 25.0. The smallest absolute Gasteiger partial charge is 0.0543 e. The minimum atomic E-state index is -0.271. The van der Waals surface area contributed by atoms with Crippen LogP contribution in [0.1, 0.15) is 101 Å². The Hall–Kier alpha value is -7.74. The highest BCUT2D eigenvalue weighted by atomic mass is 15.1. The molecule has 0 heterocycles. The molecule has 10 aromatic carbocycles. The number of nitrogens with zero attached hydrogens (tertiary/aromatic N) is 1. The van der Waals surface area contributed by atoms with Crippen molar-refractivity contribution in [2.75, 3.05) is 4.90 Å². The normalized spacial score (nSPS) is 15.5. The van der Waals surface area contributed by atoms with Crippen LogP contribution in [0.4, 0.5) is 17.1 Å². The fourth-order valence-electron chi connectivity index (χ4n) is 12.3. The highest BCUT2D eigenvalue weighted by Crippen LogP contribution is 2.57. The predicted molar refractivity (Wildman–Crippen MR) is 307 cm³/mol. The zero-order valence-electron chi connectivity index (χ0n) is 43.2. The Morgan fingerprint density at radius 2 is 0.847 bits per heavy atom. The van der Waals surface area contributed by atoms with Gasteiger partial charge in [-0.3, -0.25) is 0 Å². The molecule has 2 aliphatic carbocycles. The van der Waals surface area contributed by atoms with E-state index in [9.17, 15) is 0 Å². The number of para-hydroxylation sites is 1. The van der Waals surface area contributed by atoms with Crippen molar-refractivity contribution in [2.24, 2.45) is 0 Å². The van der Waals surface area contributed by atoms with E-state index in [1.54, 1.807) is 0 Å². The molecule has 1 heteroatoms. The van der Waals surface area contributed by atoms with Gasteiger partial charge in [0.2, 0.25) is 0 Å². The van der Waals surface area contributed by atoms with Gasteiger partial charge < -0.3 is 4.90 Å². The zero-order chi connectivity index (χ0) is 49.7. The molecule has 0 N–H and O–H groups in total. The van der Waals surface area contributed by atoms with Gasteiger partial charge in [-0.1, -0.05) is 250 Å². The second-order valence-electron chi connectivity index (χ2n) is 23.0. The lowest BCUT2D eigenvalue weighted by molar-refractivity contribution is 0.569. The van der Waals surface area contributed by atoms with Crippen LogP contribution in [0.25, 0.3) is 66.4 Å². The van der Waals surface area contributed by atoms with Crippen LogP contribution in [0, 0.1) is 0 Å². The van der Waals surface area contributed by atoms with Gasteiger partial charge in [-0.05, 0) is 136 Å². The molecule has 0 radical (unpaired) electrons. The van der Waals surface area contributed by atoms with Crippen molar-refractivity contribution in [2.45, 2.75) is 84.0 Å². The second-order valence-corrected chi connectivity index (χ2v) is 23.0. The Bertz CT molecular complexity index is 3710. The Morgan fingerprint density at radius 1 is 0.347 bits per heavy atom. The highest BCUT2D eigenvalue weighted by Gasteiger charge is 2.42. The van der Waals surface area contributed by atoms with Crippen molar-refractivity contribution >= 4 is 27.8 Å². The first kappa shape index (κ1) is 45.4. The Morgan fingerprint density at radius 3 is 1.53 bits per heavy atom. The molecule has 0 spiro atoms. The molecule has 0 amide bonds. The molecule has 0 fully saturated rings. The number of hydrogen-bond donors (Lipinski definition) is 0. The quantitative estimate of drug-likeness (QED) is 0.154. The highest BCUT2D eigenvalue weighted by molar-refractivity contribution is 6.09. The van der Waals surface area contributed by atoms with Crippen LogP contribution >= 0.6 is 0 Å². The maximum atomic E-state index is 2.55. The number of benzene rings is 10. The summed E-state index contributed by atoms with van der Waals surface area (Å²) in [6, 6.07) is 82.5. The van der Waals surface area contributed by atoms with Gasteiger partial charge in [-0.15, -0.1) is 0 Å². The molecule has 1 nitrogen and oxygen atoms in total. The summed E-state index contributed by atoms with van der Waals surface area (Å²) in [6.07, 6.45) is 0. The van der Waals surface area contributed by atoms with Crippen LogP contribution < -0.4 is 4.90 Å². The summed E-state index contributed by atoms with van der Waals surface area (Å²) < 4.78 is 0. The number of rotatable bonds is 7. The van der Waals surface area contributed by atoms with Gasteiger partial charge >= 0.3 is 0 Å². The summed E-state index contributed by atoms with van der Waals surface area (Å²) in [6.45, 7) is 21.1. The first-order chi connectivity index (χ1) is 34.6. The van der Waals surface area contributed by atoms with E-state index in [0.717, 1.165) is 11.4 Å². The van der Waals surface area contributed by atoms with E-state index in [1.807, 2.05) is 0 Å². The lowest BCUT2D eigenvalue weighted by Gasteiger charge is -2.31. The average molecular weight is 930 g/mol. The molecule has 2 aliphatic rings. The first-order valence-corrected chi connectivity index (χ1v) is 25.8. The molecule has 352 valence electrons. The van der Waals surface area contributed by atoms with Crippen molar-refractivity contribution in [3.63, 3.8) is 0 Å². The van der Waals surface area contributed by atoms with E-state index in [0.29, 0.717) is 0 Å². The summed E-state index contributed by atoms with van der Waals surface area (Å²) >= 11 is 0. The van der Waals surface area contributed by atoms with E-state index in [2.05, 4.69) is 286 Å². The van der Waals surface area contributed by atoms with Gasteiger partial charge in [0.25, 0.3) is 0 Å². The third kappa shape index (κ3) is 7.11. The Kier molecular flexibility index (Phi) is 10.5.